The molecule has 0 saturated carbocycles. The second-order valence-electron chi connectivity index (χ2n) is 5.42. The van der Waals surface area contributed by atoms with E-state index in [1.165, 1.54) is 7.11 Å². The first-order valence-electron chi connectivity index (χ1n) is 8.67. The molecule has 0 atom stereocenters. The zero-order valence-electron chi connectivity index (χ0n) is 15.5. The van der Waals surface area contributed by atoms with Gasteiger partial charge >= 0.3 is 17.9 Å². The van der Waals surface area contributed by atoms with Crippen LogP contribution in [0.3, 0.4) is 0 Å². The van der Waals surface area contributed by atoms with Crippen LogP contribution in [0.5, 0.6) is 5.75 Å². The maximum Gasteiger partial charge on any atom is 0.337 e. The van der Waals surface area contributed by atoms with Crippen LogP contribution in [0.15, 0.2) is 24.3 Å². The van der Waals surface area contributed by atoms with Gasteiger partial charge in [-0.3, -0.25) is 9.59 Å². The maximum absolute atomic E-state index is 11.9. The Morgan fingerprint density at radius 3 is 2.00 bits per heavy atom. The molecule has 0 aromatic heterocycles. The van der Waals surface area contributed by atoms with E-state index in [0.717, 1.165) is 0 Å². The number of carbonyl (C=O) groups excluding carboxylic acids is 3. The Morgan fingerprint density at radius 1 is 0.923 bits per heavy atom. The number of rotatable bonds is 11. The first kappa shape index (κ1) is 21.5. The van der Waals surface area contributed by atoms with E-state index in [1.807, 2.05) is 0 Å². The summed E-state index contributed by atoms with van der Waals surface area (Å²) >= 11 is 0. The number of unbranched alkanes of at least 4 members (excludes halogenated alkanes) is 1. The van der Waals surface area contributed by atoms with Crippen molar-refractivity contribution in [1.29, 1.82) is 0 Å². The highest BCUT2D eigenvalue weighted by Gasteiger charge is 2.28. The van der Waals surface area contributed by atoms with Crippen LogP contribution in [0.1, 0.15) is 43.5 Å². The molecule has 0 amide bonds. The maximum atomic E-state index is 11.9. The number of esters is 3. The highest BCUT2D eigenvalue weighted by Crippen LogP contribution is 2.16. The lowest BCUT2D eigenvalue weighted by atomic mass is 10.0. The summed E-state index contributed by atoms with van der Waals surface area (Å²) in [7, 11) is 1.33. The van der Waals surface area contributed by atoms with Crippen molar-refractivity contribution in [2.24, 2.45) is 5.92 Å². The average molecular weight is 366 g/mol. The molecule has 1 aromatic rings. The summed E-state index contributed by atoms with van der Waals surface area (Å²) in [6.45, 7) is 4.26. The van der Waals surface area contributed by atoms with Gasteiger partial charge in [-0.15, -0.1) is 0 Å². The SMILES string of the molecule is CCOC(=O)C(CCCCOc1ccc(C(=O)OC)cc1)C(=O)OCC. The van der Waals surface area contributed by atoms with Crippen LogP contribution in [0.4, 0.5) is 0 Å². The molecule has 0 N–H and O–H groups in total. The van der Waals surface area contributed by atoms with Gasteiger partial charge in [-0.1, -0.05) is 0 Å². The summed E-state index contributed by atoms with van der Waals surface area (Å²) in [5.74, 6) is -1.77. The van der Waals surface area contributed by atoms with E-state index in [0.29, 0.717) is 37.2 Å². The first-order valence-corrected chi connectivity index (χ1v) is 8.67. The van der Waals surface area contributed by atoms with E-state index in [1.54, 1.807) is 38.1 Å². The Morgan fingerprint density at radius 2 is 1.50 bits per heavy atom. The molecule has 7 heteroatoms. The van der Waals surface area contributed by atoms with E-state index < -0.39 is 23.8 Å². The first-order chi connectivity index (χ1) is 12.5. The fourth-order valence-electron chi connectivity index (χ4n) is 2.26. The number of ether oxygens (including phenoxy) is 4. The summed E-state index contributed by atoms with van der Waals surface area (Å²) in [5.41, 5.74) is 0.451. The van der Waals surface area contributed by atoms with Crippen molar-refractivity contribution in [2.75, 3.05) is 26.9 Å². The molecule has 0 saturated heterocycles. The Bertz CT molecular complexity index is 562. The minimum absolute atomic E-state index is 0.222. The van der Waals surface area contributed by atoms with Crippen LogP contribution in [0.2, 0.25) is 0 Å². The van der Waals surface area contributed by atoms with Crippen molar-refractivity contribution in [3.05, 3.63) is 29.8 Å². The largest absolute Gasteiger partial charge is 0.494 e. The molecule has 0 aliphatic rings. The molecule has 0 aliphatic heterocycles. The van der Waals surface area contributed by atoms with Crippen molar-refractivity contribution >= 4 is 17.9 Å². The molecule has 0 unspecified atom stereocenters. The van der Waals surface area contributed by atoms with Gasteiger partial charge in [-0.2, -0.15) is 0 Å². The van der Waals surface area contributed by atoms with E-state index in [9.17, 15) is 14.4 Å². The number of carbonyl (C=O) groups is 3. The summed E-state index contributed by atoms with van der Waals surface area (Å²) < 4.78 is 20.1. The number of hydrogen-bond acceptors (Lipinski definition) is 7. The van der Waals surface area contributed by atoms with Gasteiger partial charge in [-0.05, 0) is 57.4 Å². The van der Waals surface area contributed by atoms with Crippen molar-refractivity contribution in [1.82, 2.24) is 0 Å². The topological polar surface area (TPSA) is 88.1 Å². The predicted molar refractivity (Wildman–Crippen MR) is 93.9 cm³/mol. The van der Waals surface area contributed by atoms with E-state index in [-0.39, 0.29) is 13.2 Å². The molecule has 7 nitrogen and oxygen atoms in total. The molecular formula is C19H26O7. The molecule has 1 rings (SSSR count). The van der Waals surface area contributed by atoms with E-state index in [2.05, 4.69) is 4.74 Å². The van der Waals surface area contributed by atoms with Gasteiger partial charge in [0.25, 0.3) is 0 Å². The van der Waals surface area contributed by atoms with Crippen molar-refractivity contribution in [2.45, 2.75) is 33.1 Å². The zero-order chi connectivity index (χ0) is 19.4. The van der Waals surface area contributed by atoms with Gasteiger partial charge < -0.3 is 18.9 Å². The lowest BCUT2D eigenvalue weighted by Crippen LogP contribution is -2.28. The summed E-state index contributed by atoms with van der Waals surface area (Å²) in [4.78, 5) is 35.1. The van der Waals surface area contributed by atoms with Crippen molar-refractivity contribution in [3.63, 3.8) is 0 Å². The third kappa shape index (κ3) is 7.13. The van der Waals surface area contributed by atoms with Gasteiger partial charge in [0.05, 0.1) is 32.5 Å². The molecule has 0 aliphatic carbocycles. The van der Waals surface area contributed by atoms with Gasteiger partial charge in [0.15, 0.2) is 5.92 Å². The lowest BCUT2D eigenvalue weighted by molar-refractivity contribution is -0.162. The Kier molecular flexibility index (Phi) is 9.82. The third-order valence-electron chi connectivity index (χ3n) is 3.57. The van der Waals surface area contributed by atoms with Crippen LogP contribution in [-0.4, -0.2) is 44.8 Å². The van der Waals surface area contributed by atoms with Gasteiger partial charge in [0.2, 0.25) is 0 Å². The predicted octanol–water partition coefficient (Wildman–Crippen LogP) is 2.76. The normalized spacial score (nSPS) is 10.3. The molecule has 0 fully saturated rings. The van der Waals surface area contributed by atoms with Crippen LogP contribution < -0.4 is 4.74 Å². The molecule has 0 radical (unpaired) electrons. The molecule has 0 bridgehead atoms. The van der Waals surface area contributed by atoms with E-state index in [4.69, 9.17) is 14.2 Å². The Balaban J connectivity index is 2.39. The van der Waals surface area contributed by atoms with Gasteiger partial charge in [0, 0.05) is 0 Å². The Hall–Kier alpha value is -2.57. The fraction of sp³-hybridized carbons (Fsp3) is 0.526. The van der Waals surface area contributed by atoms with Crippen LogP contribution in [-0.2, 0) is 23.8 Å². The monoisotopic (exact) mass is 366 g/mol. The fourth-order valence-corrected chi connectivity index (χ4v) is 2.26. The van der Waals surface area contributed by atoms with Gasteiger partial charge in [-0.25, -0.2) is 4.79 Å². The smallest absolute Gasteiger partial charge is 0.337 e. The van der Waals surface area contributed by atoms with Crippen LogP contribution >= 0.6 is 0 Å². The molecule has 0 spiro atoms. The number of methoxy groups -OCH3 is 1. The molecular weight excluding hydrogens is 340 g/mol. The standard InChI is InChI=1S/C19H26O7/c1-4-24-18(21)16(19(22)25-5-2)8-6-7-13-26-15-11-9-14(10-12-15)17(20)23-3/h9-12,16H,4-8,13H2,1-3H3. The highest BCUT2D eigenvalue weighted by molar-refractivity contribution is 5.94. The third-order valence-corrected chi connectivity index (χ3v) is 3.57. The highest BCUT2D eigenvalue weighted by atomic mass is 16.6. The summed E-state index contributed by atoms with van der Waals surface area (Å²) in [6.07, 6.45) is 1.62. The quantitative estimate of drug-likeness (QED) is 0.257. The minimum atomic E-state index is -0.894. The molecule has 144 valence electrons. The van der Waals surface area contributed by atoms with Crippen LogP contribution in [0, 0.1) is 5.92 Å². The van der Waals surface area contributed by atoms with Crippen molar-refractivity contribution in [3.8, 4) is 5.75 Å². The number of hydrogen-bond donors (Lipinski definition) is 0. The van der Waals surface area contributed by atoms with E-state index >= 15 is 0 Å². The zero-order valence-corrected chi connectivity index (χ0v) is 15.5. The summed E-state index contributed by atoms with van der Waals surface area (Å²) in [5, 5.41) is 0. The number of benzene rings is 1. The van der Waals surface area contributed by atoms with Crippen LogP contribution in [0.25, 0.3) is 0 Å². The van der Waals surface area contributed by atoms with Gasteiger partial charge in [0.1, 0.15) is 5.75 Å². The second-order valence-corrected chi connectivity index (χ2v) is 5.42. The van der Waals surface area contributed by atoms with Crippen molar-refractivity contribution < 1.29 is 33.3 Å². The average Bonchev–Trinajstić information content (AvgIpc) is 2.64. The lowest BCUT2D eigenvalue weighted by Gasteiger charge is -2.14. The minimum Gasteiger partial charge on any atom is -0.494 e. The molecule has 0 heterocycles. The molecule has 1 aromatic carbocycles. The molecule has 26 heavy (non-hydrogen) atoms. The second kappa shape index (κ2) is 11.9. The Labute approximate surface area is 153 Å². The summed E-state index contributed by atoms with van der Waals surface area (Å²) in [6, 6.07) is 6.62.